The molecule has 0 saturated carbocycles. The zero-order chi connectivity index (χ0) is 11.0. The van der Waals surface area contributed by atoms with Gasteiger partial charge < -0.3 is 10.7 Å². The van der Waals surface area contributed by atoms with Gasteiger partial charge in [-0.05, 0) is 6.07 Å². The Balaban J connectivity index is 2.88. The summed E-state index contributed by atoms with van der Waals surface area (Å²) in [5.74, 6) is -2.03. The van der Waals surface area contributed by atoms with Crippen molar-refractivity contribution in [2.75, 3.05) is 0 Å². The maximum atomic E-state index is 12.9. The van der Waals surface area contributed by atoms with Gasteiger partial charge in [-0.3, -0.25) is 4.79 Å². The molecule has 3 nitrogen and oxygen atoms in total. The van der Waals surface area contributed by atoms with E-state index in [9.17, 15) is 13.6 Å². The van der Waals surface area contributed by atoms with E-state index < -0.39 is 11.6 Å². The third kappa shape index (κ3) is 1.50. The highest BCUT2D eigenvalue weighted by Crippen LogP contribution is 2.13. The maximum absolute atomic E-state index is 12.9. The van der Waals surface area contributed by atoms with Crippen molar-refractivity contribution in [3.8, 4) is 0 Å². The highest BCUT2D eigenvalue weighted by atomic mass is 19.2. The second-order valence-electron chi connectivity index (χ2n) is 3.16. The summed E-state index contributed by atoms with van der Waals surface area (Å²) in [4.78, 5) is 14.3. The number of hydrogen-bond donors (Lipinski definition) is 2. The molecule has 0 amide bonds. The molecule has 5 heteroatoms. The van der Waals surface area contributed by atoms with Gasteiger partial charge in [0.15, 0.2) is 17.1 Å². The molecule has 0 fully saturated rings. The molecule has 0 unspecified atom stereocenters. The van der Waals surface area contributed by atoms with Crippen LogP contribution in [-0.4, -0.2) is 4.98 Å². The first-order valence-corrected chi connectivity index (χ1v) is 4.33. The molecular formula is C10H8F2N2O. The van der Waals surface area contributed by atoms with Gasteiger partial charge in [-0.25, -0.2) is 8.78 Å². The van der Waals surface area contributed by atoms with E-state index in [2.05, 4.69) is 4.98 Å². The van der Waals surface area contributed by atoms with Crippen LogP contribution in [0.4, 0.5) is 8.78 Å². The second-order valence-corrected chi connectivity index (χ2v) is 3.16. The van der Waals surface area contributed by atoms with Gasteiger partial charge in [0.1, 0.15) is 0 Å². The van der Waals surface area contributed by atoms with Gasteiger partial charge in [0.2, 0.25) is 0 Å². The first kappa shape index (κ1) is 9.79. The average molecular weight is 210 g/mol. The molecule has 1 aromatic heterocycles. The van der Waals surface area contributed by atoms with E-state index in [1.165, 1.54) is 6.20 Å². The minimum atomic E-state index is -1.04. The van der Waals surface area contributed by atoms with Gasteiger partial charge in [-0.15, -0.1) is 0 Å². The van der Waals surface area contributed by atoms with Crippen LogP contribution in [0.3, 0.4) is 0 Å². The molecule has 0 bridgehead atoms. The molecule has 0 aliphatic rings. The summed E-state index contributed by atoms with van der Waals surface area (Å²) in [7, 11) is 0. The third-order valence-electron chi connectivity index (χ3n) is 2.22. The molecule has 0 spiro atoms. The number of rotatable bonds is 1. The zero-order valence-electron chi connectivity index (χ0n) is 7.68. The summed E-state index contributed by atoms with van der Waals surface area (Å²) < 4.78 is 25.7. The number of benzene rings is 1. The fourth-order valence-corrected chi connectivity index (χ4v) is 1.41. The van der Waals surface area contributed by atoms with E-state index in [0.29, 0.717) is 5.56 Å². The summed E-state index contributed by atoms with van der Waals surface area (Å²) >= 11 is 0. The zero-order valence-corrected chi connectivity index (χ0v) is 7.68. The molecule has 0 aliphatic carbocycles. The van der Waals surface area contributed by atoms with Crippen molar-refractivity contribution in [3.63, 3.8) is 0 Å². The van der Waals surface area contributed by atoms with Crippen molar-refractivity contribution in [2.24, 2.45) is 5.73 Å². The van der Waals surface area contributed by atoms with Crippen LogP contribution in [0.15, 0.2) is 23.1 Å². The summed E-state index contributed by atoms with van der Waals surface area (Å²) in [5, 5.41) is 0.108. The first-order chi connectivity index (χ1) is 7.13. The summed E-state index contributed by atoms with van der Waals surface area (Å²) in [6, 6.07) is 1.83. The number of hydrogen-bond acceptors (Lipinski definition) is 2. The van der Waals surface area contributed by atoms with Crippen LogP contribution in [0, 0.1) is 11.6 Å². The largest absolute Gasteiger partial charge is 0.361 e. The molecule has 1 heterocycles. The van der Waals surface area contributed by atoms with E-state index in [4.69, 9.17) is 5.73 Å². The minimum absolute atomic E-state index is 0.0598. The number of nitrogens with two attached hydrogens (primary N) is 1. The van der Waals surface area contributed by atoms with Crippen molar-refractivity contribution in [3.05, 3.63) is 45.8 Å². The Kier molecular flexibility index (Phi) is 2.24. The predicted molar refractivity (Wildman–Crippen MR) is 52.4 cm³/mol. The Labute approximate surface area is 83.5 Å². The van der Waals surface area contributed by atoms with Crippen molar-refractivity contribution >= 4 is 10.9 Å². The van der Waals surface area contributed by atoms with Crippen LogP contribution in [0.5, 0.6) is 0 Å². The number of halogens is 2. The fraction of sp³-hybridized carbons (Fsp3) is 0.100. The van der Waals surface area contributed by atoms with E-state index in [0.717, 1.165) is 12.1 Å². The monoisotopic (exact) mass is 210 g/mol. The minimum Gasteiger partial charge on any atom is -0.361 e. The van der Waals surface area contributed by atoms with Crippen LogP contribution in [-0.2, 0) is 6.54 Å². The Morgan fingerprint density at radius 1 is 1.27 bits per heavy atom. The predicted octanol–water partition coefficient (Wildman–Crippen LogP) is 1.26. The molecule has 78 valence electrons. The standard InChI is InChI=1S/C10H8F2N2O/c11-7-1-6-9(2-8(7)12)14-4-5(3-13)10(6)15/h1-2,4H,3,13H2,(H,14,15). The number of nitrogens with one attached hydrogen (secondary N) is 1. The van der Waals surface area contributed by atoms with Gasteiger partial charge >= 0.3 is 0 Å². The Hall–Kier alpha value is -1.75. The van der Waals surface area contributed by atoms with Crippen molar-refractivity contribution in [2.45, 2.75) is 6.54 Å². The lowest BCUT2D eigenvalue weighted by atomic mass is 10.1. The smallest absolute Gasteiger partial charge is 0.193 e. The van der Waals surface area contributed by atoms with E-state index in [-0.39, 0.29) is 22.9 Å². The van der Waals surface area contributed by atoms with E-state index >= 15 is 0 Å². The Morgan fingerprint density at radius 3 is 2.60 bits per heavy atom. The average Bonchev–Trinajstić information content (AvgIpc) is 2.22. The number of aromatic nitrogens is 1. The molecule has 0 aliphatic heterocycles. The fourth-order valence-electron chi connectivity index (χ4n) is 1.41. The van der Waals surface area contributed by atoms with Crippen LogP contribution in [0.2, 0.25) is 0 Å². The Morgan fingerprint density at radius 2 is 1.93 bits per heavy atom. The number of aromatic amines is 1. The Bertz CT molecular complexity index is 577. The second kappa shape index (κ2) is 3.43. The van der Waals surface area contributed by atoms with Gasteiger partial charge in [0, 0.05) is 29.8 Å². The molecule has 1 aromatic carbocycles. The highest BCUT2D eigenvalue weighted by Gasteiger charge is 2.08. The summed E-state index contributed by atoms with van der Waals surface area (Å²) in [6.45, 7) is 0.0598. The number of fused-ring (bicyclic) bond motifs is 1. The van der Waals surface area contributed by atoms with Crippen LogP contribution in [0.25, 0.3) is 10.9 Å². The molecule has 0 atom stereocenters. The third-order valence-corrected chi connectivity index (χ3v) is 2.22. The van der Waals surface area contributed by atoms with Crippen LogP contribution in [0.1, 0.15) is 5.56 Å². The lowest BCUT2D eigenvalue weighted by Gasteiger charge is -2.01. The van der Waals surface area contributed by atoms with E-state index in [1.807, 2.05) is 0 Å². The maximum Gasteiger partial charge on any atom is 0.193 e. The molecule has 3 N–H and O–H groups in total. The molecule has 15 heavy (non-hydrogen) atoms. The first-order valence-electron chi connectivity index (χ1n) is 4.33. The highest BCUT2D eigenvalue weighted by molar-refractivity contribution is 5.78. The summed E-state index contributed by atoms with van der Waals surface area (Å²) in [6.07, 6.45) is 1.40. The van der Waals surface area contributed by atoms with E-state index in [1.54, 1.807) is 0 Å². The molecule has 2 aromatic rings. The lowest BCUT2D eigenvalue weighted by Crippen LogP contribution is -2.14. The summed E-state index contributed by atoms with van der Waals surface area (Å²) in [5.41, 5.74) is 5.55. The normalized spacial score (nSPS) is 10.9. The molecule has 2 rings (SSSR count). The number of pyridine rings is 1. The van der Waals surface area contributed by atoms with Crippen molar-refractivity contribution in [1.82, 2.24) is 4.98 Å². The van der Waals surface area contributed by atoms with Crippen molar-refractivity contribution in [1.29, 1.82) is 0 Å². The molecular weight excluding hydrogens is 202 g/mol. The SMILES string of the molecule is NCc1c[nH]c2cc(F)c(F)cc2c1=O. The molecule has 0 saturated heterocycles. The van der Waals surface area contributed by atoms with Crippen LogP contribution >= 0.6 is 0 Å². The van der Waals surface area contributed by atoms with Crippen LogP contribution < -0.4 is 11.2 Å². The quantitative estimate of drug-likeness (QED) is 0.744. The van der Waals surface area contributed by atoms with Gasteiger partial charge in [0.05, 0.1) is 5.52 Å². The topological polar surface area (TPSA) is 58.9 Å². The van der Waals surface area contributed by atoms with Gasteiger partial charge in [0.25, 0.3) is 0 Å². The van der Waals surface area contributed by atoms with Gasteiger partial charge in [-0.1, -0.05) is 0 Å². The number of H-pyrrole nitrogens is 1. The van der Waals surface area contributed by atoms with Crippen molar-refractivity contribution < 1.29 is 8.78 Å². The molecule has 0 radical (unpaired) electrons. The lowest BCUT2D eigenvalue weighted by molar-refractivity contribution is 0.510. The van der Waals surface area contributed by atoms with Gasteiger partial charge in [-0.2, -0.15) is 0 Å².